The van der Waals surface area contributed by atoms with Gasteiger partial charge in [-0.3, -0.25) is 9.78 Å². The molecule has 3 nitrogen and oxygen atoms in total. The molecule has 0 saturated carbocycles. The number of rotatable bonds is 2. The van der Waals surface area contributed by atoms with Crippen LogP contribution in [0.1, 0.15) is 17.3 Å². The minimum absolute atomic E-state index is 0.0422. The Morgan fingerprint density at radius 1 is 1.22 bits per heavy atom. The Bertz CT molecular complexity index is 720. The van der Waals surface area contributed by atoms with Crippen LogP contribution in [-0.4, -0.2) is 15.8 Å². The SMILES string of the molecule is CC(=O)c1ccc2nc(-c3ccsc3)cnc2c1. The molecule has 0 aliphatic heterocycles. The molecule has 3 rings (SSSR count). The van der Waals surface area contributed by atoms with Crippen molar-refractivity contribution in [1.82, 2.24) is 9.97 Å². The first-order chi connectivity index (χ1) is 8.74. The third-order valence-electron chi connectivity index (χ3n) is 2.77. The van der Waals surface area contributed by atoms with Crippen molar-refractivity contribution in [2.24, 2.45) is 0 Å². The molecular weight excluding hydrogens is 244 g/mol. The molecule has 0 N–H and O–H groups in total. The first-order valence-corrected chi connectivity index (χ1v) is 6.48. The summed E-state index contributed by atoms with van der Waals surface area (Å²) in [6.07, 6.45) is 1.74. The second-order valence-corrected chi connectivity index (χ2v) is 4.81. The largest absolute Gasteiger partial charge is 0.295 e. The van der Waals surface area contributed by atoms with Gasteiger partial charge in [0.25, 0.3) is 0 Å². The predicted molar refractivity (Wildman–Crippen MR) is 72.9 cm³/mol. The Kier molecular flexibility index (Phi) is 2.64. The maximum atomic E-state index is 11.3. The monoisotopic (exact) mass is 254 g/mol. The molecule has 0 unspecified atom stereocenters. The first-order valence-electron chi connectivity index (χ1n) is 5.54. The van der Waals surface area contributed by atoms with Crippen LogP contribution in [0.3, 0.4) is 0 Å². The molecule has 0 spiro atoms. The number of fused-ring (bicyclic) bond motifs is 1. The smallest absolute Gasteiger partial charge is 0.159 e. The number of ketones is 1. The molecule has 18 heavy (non-hydrogen) atoms. The molecule has 0 aliphatic rings. The van der Waals surface area contributed by atoms with Gasteiger partial charge < -0.3 is 0 Å². The van der Waals surface area contributed by atoms with E-state index in [0.717, 1.165) is 22.3 Å². The zero-order valence-electron chi connectivity index (χ0n) is 9.75. The lowest BCUT2D eigenvalue weighted by atomic mass is 10.1. The van der Waals surface area contributed by atoms with Crippen molar-refractivity contribution in [3.8, 4) is 11.3 Å². The Hall–Kier alpha value is -2.07. The minimum Gasteiger partial charge on any atom is -0.295 e. The molecule has 4 heteroatoms. The van der Waals surface area contributed by atoms with Gasteiger partial charge in [-0.25, -0.2) is 4.98 Å². The molecule has 3 aromatic rings. The van der Waals surface area contributed by atoms with Crippen LogP contribution < -0.4 is 0 Å². The number of thiophene rings is 1. The Labute approximate surface area is 108 Å². The molecule has 0 atom stereocenters. The van der Waals surface area contributed by atoms with Crippen molar-refractivity contribution in [2.75, 3.05) is 0 Å². The third-order valence-corrected chi connectivity index (χ3v) is 3.45. The quantitative estimate of drug-likeness (QED) is 0.657. The molecule has 0 saturated heterocycles. The number of aromatic nitrogens is 2. The van der Waals surface area contributed by atoms with Gasteiger partial charge in [-0.2, -0.15) is 11.3 Å². The zero-order valence-corrected chi connectivity index (χ0v) is 10.6. The Balaban J connectivity index is 2.14. The summed E-state index contributed by atoms with van der Waals surface area (Å²) in [7, 11) is 0. The van der Waals surface area contributed by atoms with Crippen molar-refractivity contribution in [3.63, 3.8) is 0 Å². The van der Waals surface area contributed by atoms with Gasteiger partial charge in [0.2, 0.25) is 0 Å². The summed E-state index contributed by atoms with van der Waals surface area (Å²) >= 11 is 1.63. The normalized spacial score (nSPS) is 10.7. The molecule has 2 aromatic heterocycles. The van der Waals surface area contributed by atoms with Gasteiger partial charge in [0, 0.05) is 16.5 Å². The topological polar surface area (TPSA) is 42.9 Å². The van der Waals surface area contributed by atoms with Crippen LogP contribution in [-0.2, 0) is 0 Å². The van der Waals surface area contributed by atoms with Gasteiger partial charge in [0.1, 0.15) is 0 Å². The average molecular weight is 254 g/mol. The van der Waals surface area contributed by atoms with Gasteiger partial charge in [-0.05, 0) is 36.6 Å². The highest BCUT2D eigenvalue weighted by molar-refractivity contribution is 7.08. The minimum atomic E-state index is 0.0422. The summed E-state index contributed by atoms with van der Waals surface area (Å²) in [6, 6.07) is 7.43. The summed E-state index contributed by atoms with van der Waals surface area (Å²) in [6.45, 7) is 1.55. The fourth-order valence-electron chi connectivity index (χ4n) is 1.78. The summed E-state index contributed by atoms with van der Waals surface area (Å²) in [4.78, 5) is 20.2. The van der Waals surface area contributed by atoms with Gasteiger partial charge in [-0.15, -0.1) is 0 Å². The summed E-state index contributed by atoms with van der Waals surface area (Å²) in [5.74, 6) is 0.0422. The third kappa shape index (κ3) is 1.91. The molecule has 0 amide bonds. The fraction of sp³-hybridized carbons (Fsp3) is 0.0714. The van der Waals surface area contributed by atoms with Crippen LogP contribution in [0.4, 0.5) is 0 Å². The molecule has 0 fully saturated rings. The average Bonchev–Trinajstić information content (AvgIpc) is 2.91. The molecule has 88 valence electrons. The van der Waals surface area contributed by atoms with E-state index < -0.39 is 0 Å². The lowest BCUT2D eigenvalue weighted by Crippen LogP contribution is -1.94. The van der Waals surface area contributed by atoms with Crippen LogP contribution >= 0.6 is 11.3 Å². The summed E-state index contributed by atoms with van der Waals surface area (Å²) < 4.78 is 0. The van der Waals surface area contributed by atoms with E-state index in [-0.39, 0.29) is 5.78 Å². The van der Waals surface area contributed by atoms with Crippen LogP contribution in [0.15, 0.2) is 41.2 Å². The molecule has 0 aliphatic carbocycles. The molecular formula is C14H10N2OS. The number of Topliss-reactive ketones (excluding diaryl/α,β-unsaturated/α-hetero) is 1. The molecule has 0 bridgehead atoms. The van der Waals surface area contributed by atoms with Crippen LogP contribution in [0.5, 0.6) is 0 Å². The van der Waals surface area contributed by atoms with Crippen molar-refractivity contribution < 1.29 is 4.79 Å². The zero-order chi connectivity index (χ0) is 12.5. The second kappa shape index (κ2) is 4.31. The van der Waals surface area contributed by atoms with Crippen LogP contribution in [0.25, 0.3) is 22.3 Å². The van der Waals surface area contributed by atoms with Gasteiger partial charge in [-0.1, -0.05) is 0 Å². The Morgan fingerprint density at radius 2 is 2.11 bits per heavy atom. The maximum absolute atomic E-state index is 11.3. The van der Waals surface area contributed by atoms with E-state index in [0.29, 0.717) is 5.56 Å². The number of hydrogen-bond donors (Lipinski definition) is 0. The van der Waals surface area contributed by atoms with E-state index in [9.17, 15) is 4.79 Å². The van der Waals surface area contributed by atoms with E-state index in [1.165, 1.54) is 0 Å². The molecule has 1 aromatic carbocycles. The highest BCUT2D eigenvalue weighted by Gasteiger charge is 2.05. The van der Waals surface area contributed by atoms with E-state index >= 15 is 0 Å². The van der Waals surface area contributed by atoms with Gasteiger partial charge >= 0.3 is 0 Å². The lowest BCUT2D eigenvalue weighted by Gasteiger charge is -2.02. The van der Waals surface area contributed by atoms with Crippen LogP contribution in [0, 0.1) is 0 Å². The van der Waals surface area contributed by atoms with E-state index in [1.54, 1.807) is 36.6 Å². The first kappa shape index (κ1) is 11.0. The highest BCUT2D eigenvalue weighted by atomic mass is 32.1. The van der Waals surface area contributed by atoms with Crippen molar-refractivity contribution >= 4 is 28.2 Å². The van der Waals surface area contributed by atoms with Crippen LogP contribution in [0.2, 0.25) is 0 Å². The predicted octanol–water partition coefficient (Wildman–Crippen LogP) is 3.56. The molecule has 2 heterocycles. The number of carbonyl (C=O) groups excluding carboxylic acids is 1. The summed E-state index contributed by atoms with van der Waals surface area (Å²) in [5, 5.41) is 4.06. The van der Waals surface area contributed by atoms with E-state index in [4.69, 9.17) is 0 Å². The van der Waals surface area contributed by atoms with E-state index in [1.807, 2.05) is 22.9 Å². The Morgan fingerprint density at radius 3 is 2.83 bits per heavy atom. The fourth-order valence-corrected chi connectivity index (χ4v) is 2.43. The van der Waals surface area contributed by atoms with Crippen molar-refractivity contribution in [2.45, 2.75) is 6.92 Å². The van der Waals surface area contributed by atoms with Crippen molar-refractivity contribution in [1.29, 1.82) is 0 Å². The van der Waals surface area contributed by atoms with Gasteiger partial charge in [0.15, 0.2) is 5.78 Å². The number of carbonyl (C=O) groups is 1. The standard InChI is InChI=1S/C14H10N2OS/c1-9(17)10-2-3-12-13(6-10)15-7-14(16-12)11-4-5-18-8-11/h2-8H,1H3. The highest BCUT2D eigenvalue weighted by Crippen LogP contribution is 2.21. The summed E-state index contributed by atoms with van der Waals surface area (Å²) in [5.41, 5.74) is 4.16. The maximum Gasteiger partial charge on any atom is 0.159 e. The number of benzene rings is 1. The second-order valence-electron chi connectivity index (χ2n) is 4.03. The van der Waals surface area contributed by atoms with E-state index in [2.05, 4.69) is 9.97 Å². The number of hydrogen-bond acceptors (Lipinski definition) is 4. The van der Waals surface area contributed by atoms with Crippen molar-refractivity contribution in [3.05, 3.63) is 46.8 Å². The number of nitrogens with zero attached hydrogens (tertiary/aromatic N) is 2. The lowest BCUT2D eigenvalue weighted by molar-refractivity contribution is 0.101. The molecule has 0 radical (unpaired) electrons. The van der Waals surface area contributed by atoms with Gasteiger partial charge in [0.05, 0.1) is 22.9 Å².